The third kappa shape index (κ3) is 3.06. The molecule has 3 N–H and O–H groups in total. The zero-order valence-electron chi connectivity index (χ0n) is 16.6. The van der Waals surface area contributed by atoms with Crippen molar-refractivity contribution < 1.29 is 22.4 Å². The molecule has 0 saturated heterocycles. The number of nitrogens with one attached hydrogen (secondary N) is 1. The van der Waals surface area contributed by atoms with Crippen LogP contribution in [0.4, 0.5) is 23.4 Å². The molecule has 4 aromatic rings. The van der Waals surface area contributed by atoms with Crippen molar-refractivity contribution in [3.05, 3.63) is 76.0 Å². The van der Waals surface area contributed by atoms with Crippen molar-refractivity contribution >= 4 is 28.7 Å². The number of nitrogens with two attached hydrogens (primary N) is 1. The average molecular weight is 441 g/mol. The molecular weight excluding hydrogens is 426 g/mol. The van der Waals surface area contributed by atoms with Crippen LogP contribution in [0.3, 0.4) is 0 Å². The molecule has 1 aliphatic carbocycles. The molecule has 5 rings (SSSR count). The summed E-state index contributed by atoms with van der Waals surface area (Å²) in [5.41, 5.74) is 6.95. The van der Waals surface area contributed by atoms with Crippen LogP contribution in [-0.2, 0) is 12.6 Å². The number of H-pyrrole nitrogens is 1. The molecule has 0 fully saturated rings. The van der Waals surface area contributed by atoms with Gasteiger partial charge in [-0.1, -0.05) is 6.07 Å². The van der Waals surface area contributed by atoms with Crippen LogP contribution in [0, 0.1) is 12.7 Å². The number of halogens is 4. The van der Waals surface area contributed by atoms with Crippen molar-refractivity contribution in [1.29, 1.82) is 0 Å². The van der Waals surface area contributed by atoms with E-state index in [4.69, 9.17) is 5.73 Å². The highest BCUT2D eigenvalue weighted by Gasteiger charge is 2.39. The number of carbonyl (C=O) groups is 1. The van der Waals surface area contributed by atoms with Gasteiger partial charge in [-0.05, 0) is 48.4 Å². The number of Topliss-reactive ketones (excluding diaryl/α,β-unsaturated/α-hetero) is 1. The second-order valence-corrected chi connectivity index (χ2v) is 7.55. The maximum absolute atomic E-state index is 13.9. The lowest BCUT2D eigenvalue weighted by Gasteiger charge is -2.12. The maximum atomic E-state index is 13.9. The highest BCUT2D eigenvalue weighted by atomic mass is 19.4. The predicted octanol–water partition coefficient (Wildman–Crippen LogP) is 4.62. The first-order chi connectivity index (χ1) is 15.1. The molecule has 0 unspecified atom stereocenters. The Morgan fingerprint density at radius 1 is 1.22 bits per heavy atom. The zero-order chi connectivity index (χ0) is 22.8. The first kappa shape index (κ1) is 20.0. The van der Waals surface area contributed by atoms with E-state index in [-0.39, 0.29) is 34.5 Å². The molecule has 2 aromatic heterocycles. The number of benzene rings is 2. The van der Waals surface area contributed by atoms with Crippen molar-refractivity contribution in [3.63, 3.8) is 0 Å². The Bertz CT molecular complexity index is 1440. The molecule has 0 aliphatic heterocycles. The molecule has 0 bridgehead atoms. The van der Waals surface area contributed by atoms with Gasteiger partial charge in [0.05, 0.1) is 34.0 Å². The van der Waals surface area contributed by atoms with Crippen LogP contribution < -0.4 is 5.73 Å². The second-order valence-electron chi connectivity index (χ2n) is 7.55. The summed E-state index contributed by atoms with van der Waals surface area (Å²) in [6.07, 6.45) is -2.57. The molecular formula is C22H15F4N5O. The fraction of sp³-hybridized carbons (Fsp3) is 0.136. The van der Waals surface area contributed by atoms with Crippen LogP contribution in [0.2, 0.25) is 0 Å². The number of aromatic amines is 1. The van der Waals surface area contributed by atoms with E-state index in [0.717, 1.165) is 29.0 Å². The Hall–Kier alpha value is -3.95. The van der Waals surface area contributed by atoms with Crippen LogP contribution in [0.15, 0.2) is 42.1 Å². The molecule has 2 heterocycles. The highest BCUT2D eigenvalue weighted by molar-refractivity contribution is 6.15. The predicted molar refractivity (Wildman–Crippen MR) is 110 cm³/mol. The molecule has 0 amide bonds. The van der Waals surface area contributed by atoms with E-state index in [1.165, 1.54) is 16.9 Å². The van der Waals surface area contributed by atoms with Crippen LogP contribution >= 0.6 is 0 Å². The molecule has 1 aliphatic rings. The molecule has 0 radical (unpaired) electrons. The Kier molecular flexibility index (Phi) is 4.23. The Morgan fingerprint density at radius 3 is 2.75 bits per heavy atom. The Morgan fingerprint density at radius 2 is 2.00 bits per heavy atom. The average Bonchev–Trinajstić information content (AvgIpc) is 3.41. The number of fused-ring (bicyclic) bond motifs is 2. The van der Waals surface area contributed by atoms with Crippen molar-refractivity contribution in [3.8, 4) is 5.69 Å². The minimum absolute atomic E-state index is 0.0460. The molecule has 10 heteroatoms. The normalized spacial score (nSPS) is 13.5. The van der Waals surface area contributed by atoms with Crippen molar-refractivity contribution in [2.75, 3.05) is 5.73 Å². The summed E-state index contributed by atoms with van der Waals surface area (Å²) in [7, 11) is 0. The molecule has 0 saturated carbocycles. The maximum Gasteiger partial charge on any atom is 0.419 e. The minimum atomic E-state index is -4.88. The van der Waals surface area contributed by atoms with E-state index >= 15 is 0 Å². The lowest BCUT2D eigenvalue weighted by molar-refractivity contribution is -0.140. The van der Waals surface area contributed by atoms with Gasteiger partial charge in [-0.3, -0.25) is 4.79 Å². The van der Waals surface area contributed by atoms with Gasteiger partial charge in [0.25, 0.3) is 0 Å². The summed E-state index contributed by atoms with van der Waals surface area (Å²) in [5, 5.41) is 4.18. The summed E-state index contributed by atoms with van der Waals surface area (Å²) in [6.45, 7) is 1.82. The van der Waals surface area contributed by atoms with E-state index in [0.29, 0.717) is 5.69 Å². The lowest BCUT2D eigenvalue weighted by atomic mass is 10.0. The van der Waals surface area contributed by atoms with Gasteiger partial charge in [0.15, 0.2) is 5.78 Å². The van der Waals surface area contributed by atoms with Gasteiger partial charge >= 0.3 is 6.18 Å². The number of aromatic nitrogens is 4. The van der Waals surface area contributed by atoms with Gasteiger partial charge in [-0.15, -0.1) is 0 Å². The van der Waals surface area contributed by atoms with Gasteiger partial charge < -0.3 is 10.7 Å². The topological polar surface area (TPSA) is 89.6 Å². The Labute approximate surface area is 178 Å². The van der Waals surface area contributed by atoms with Crippen LogP contribution in [-0.4, -0.2) is 25.5 Å². The fourth-order valence-corrected chi connectivity index (χ4v) is 3.99. The fourth-order valence-electron chi connectivity index (χ4n) is 3.99. The van der Waals surface area contributed by atoms with Crippen molar-refractivity contribution in [2.45, 2.75) is 19.5 Å². The van der Waals surface area contributed by atoms with E-state index in [2.05, 4.69) is 15.1 Å². The summed E-state index contributed by atoms with van der Waals surface area (Å²) < 4.78 is 55.2. The number of nitrogen functional groups attached to an aromatic ring is 1. The molecule has 32 heavy (non-hydrogen) atoms. The van der Waals surface area contributed by atoms with Crippen LogP contribution in [0.25, 0.3) is 22.8 Å². The second kappa shape index (κ2) is 6.78. The third-order valence-electron chi connectivity index (χ3n) is 5.44. The van der Waals surface area contributed by atoms with E-state index in [1.54, 1.807) is 18.2 Å². The van der Waals surface area contributed by atoms with Crippen molar-refractivity contribution in [2.24, 2.45) is 0 Å². The van der Waals surface area contributed by atoms with E-state index in [1.807, 2.05) is 6.92 Å². The zero-order valence-corrected chi connectivity index (χ0v) is 16.6. The standard InChI is InChI=1S/C22H15F4N5O/c1-10-29-17-5-3-13(8-18(17)30-10)31-21(27)15(9-28-31)20(32)12-6-11-2-4-16(23)19(14(11)7-12)22(24,25)26/h2-5,7-9H,6,27H2,1H3,(H,29,30). The number of imidazole rings is 1. The first-order valence-electron chi connectivity index (χ1n) is 9.57. The highest BCUT2D eigenvalue weighted by Crippen LogP contribution is 2.40. The summed E-state index contributed by atoms with van der Waals surface area (Å²) >= 11 is 0. The monoisotopic (exact) mass is 441 g/mol. The van der Waals surface area contributed by atoms with Crippen LogP contribution in [0.1, 0.15) is 32.9 Å². The van der Waals surface area contributed by atoms with Gasteiger partial charge in [-0.2, -0.15) is 18.3 Å². The smallest absolute Gasteiger partial charge is 0.383 e. The quantitative estimate of drug-likeness (QED) is 0.359. The van der Waals surface area contributed by atoms with Gasteiger partial charge in [-0.25, -0.2) is 14.1 Å². The number of anilines is 1. The first-order valence-corrected chi connectivity index (χ1v) is 9.57. The van der Waals surface area contributed by atoms with Crippen LogP contribution in [0.5, 0.6) is 0 Å². The Balaban J connectivity index is 1.51. The van der Waals surface area contributed by atoms with E-state index < -0.39 is 23.3 Å². The van der Waals surface area contributed by atoms with Gasteiger partial charge in [0, 0.05) is 12.0 Å². The lowest BCUT2D eigenvalue weighted by Crippen LogP contribution is -2.11. The number of ketones is 1. The third-order valence-corrected chi connectivity index (χ3v) is 5.44. The van der Waals surface area contributed by atoms with Gasteiger partial charge in [0.1, 0.15) is 17.5 Å². The van der Waals surface area contributed by atoms with Gasteiger partial charge in [0.2, 0.25) is 0 Å². The number of alkyl halides is 3. The number of aryl methyl sites for hydroxylation is 1. The number of carbonyl (C=O) groups excluding carboxylic acids is 1. The van der Waals surface area contributed by atoms with E-state index in [9.17, 15) is 22.4 Å². The number of hydrogen-bond acceptors (Lipinski definition) is 4. The summed E-state index contributed by atoms with van der Waals surface area (Å²) in [4.78, 5) is 20.5. The van der Waals surface area contributed by atoms with Crippen molar-refractivity contribution in [1.82, 2.24) is 19.7 Å². The summed E-state index contributed by atoms with van der Waals surface area (Å²) in [5.74, 6) is -1.15. The molecule has 0 spiro atoms. The molecule has 2 aromatic carbocycles. The number of nitrogens with zero attached hydrogens (tertiary/aromatic N) is 3. The molecule has 0 atom stereocenters. The largest absolute Gasteiger partial charge is 0.419 e. The number of hydrogen-bond donors (Lipinski definition) is 2. The number of rotatable bonds is 3. The summed E-state index contributed by atoms with van der Waals surface area (Å²) in [6, 6.07) is 7.31. The molecule has 162 valence electrons. The SMILES string of the molecule is Cc1nc2ccc(-n3ncc(C(=O)C4=Cc5c(ccc(F)c5C(F)(F)F)C4)c3N)cc2[nH]1. The minimum Gasteiger partial charge on any atom is -0.383 e. The molecule has 6 nitrogen and oxygen atoms in total. The number of allylic oxidation sites excluding steroid dienone is 1.